The molecule has 0 unspecified atom stereocenters. The van der Waals surface area contributed by atoms with Crippen molar-refractivity contribution in [2.45, 2.75) is 13.2 Å². The molecule has 0 aliphatic heterocycles. The van der Waals surface area contributed by atoms with E-state index in [1.165, 1.54) is 37.4 Å². The van der Waals surface area contributed by atoms with Crippen LogP contribution in [0.15, 0.2) is 42.5 Å². The van der Waals surface area contributed by atoms with Crippen molar-refractivity contribution < 1.29 is 32.6 Å². The van der Waals surface area contributed by atoms with Crippen LogP contribution >= 0.6 is 0 Å². The number of alkyl halides is 2. The quantitative estimate of drug-likeness (QED) is 0.775. The highest BCUT2D eigenvalue weighted by Crippen LogP contribution is 2.33. The first-order valence-electron chi connectivity index (χ1n) is 7.10. The molecule has 2 aromatic rings. The van der Waals surface area contributed by atoms with Crippen molar-refractivity contribution >= 4 is 11.9 Å². The number of methoxy groups -OCH3 is 1. The molecule has 0 aliphatic rings. The molecule has 25 heavy (non-hydrogen) atoms. The van der Waals surface area contributed by atoms with Crippen molar-refractivity contribution in [2.24, 2.45) is 5.73 Å². The zero-order chi connectivity index (χ0) is 18.4. The highest BCUT2D eigenvalue weighted by molar-refractivity contribution is 5.94. The topological polar surface area (TPSA) is 87.9 Å². The van der Waals surface area contributed by atoms with Crippen LogP contribution in [0.2, 0.25) is 0 Å². The molecule has 0 saturated heterocycles. The Morgan fingerprint density at radius 2 is 1.88 bits per heavy atom. The summed E-state index contributed by atoms with van der Waals surface area (Å²) >= 11 is 0. The van der Waals surface area contributed by atoms with Crippen LogP contribution < -0.4 is 15.2 Å². The number of esters is 1. The molecule has 0 aliphatic carbocycles. The Morgan fingerprint density at radius 1 is 1.16 bits per heavy atom. The number of primary amides is 1. The Labute approximate surface area is 142 Å². The van der Waals surface area contributed by atoms with Crippen molar-refractivity contribution in [3.05, 3.63) is 59.2 Å². The minimum Gasteiger partial charge on any atom is -0.493 e. The molecule has 2 rings (SSSR count). The maximum absolute atomic E-state index is 12.6. The minimum absolute atomic E-state index is 0.0227. The first-order valence-corrected chi connectivity index (χ1v) is 7.10. The van der Waals surface area contributed by atoms with E-state index in [1.54, 1.807) is 12.1 Å². The fourth-order valence-electron chi connectivity index (χ4n) is 2.09. The molecule has 0 aromatic heterocycles. The van der Waals surface area contributed by atoms with Crippen LogP contribution in [-0.2, 0) is 11.3 Å². The second-order valence-electron chi connectivity index (χ2n) is 4.86. The Balaban J connectivity index is 2.18. The molecule has 0 bridgehead atoms. The average molecular weight is 351 g/mol. The van der Waals surface area contributed by atoms with E-state index in [2.05, 4.69) is 4.74 Å². The van der Waals surface area contributed by atoms with E-state index in [0.717, 1.165) is 0 Å². The lowest BCUT2D eigenvalue weighted by Gasteiger charge is -2.14. The molecule has 2 N–H and O–H groups in total. The molecule has 0 atom stereocenters. The number of amides is 1. The first kappa shape index (κ1) is 18.2. The van der Waals surface area contributed by atoms with E-state index in [-0.39, 0.29) is 23.5 Å². The van der Waals surface area contributed by atoms with Crippen molar-refractivity contribution in [1.29, 1.82) is 0 Å². The number of halogens is 2. The fraction of sp³-hybridized carbons (Fsp3) is 0.176. The molecular formula is C17H15F2NO5. The Bertz CT molecular complexity index is 779. The van der Waals surface area contributed by atoms with E-state index in [1.807, 2.05) is 0 Å². The summed E-state index contributed by atoms with van der Waals surface area (Å²) in [4.78, 5) is 23.4. The number of rotatable bonds is 7. The summed E-state index contributed by atoms with van der Waals surface area (Å²) in [6.07, 6.45) is 0. The molecule has 0 spiro atoms. The maximum Gasteiger partial charge on any atom is 0.387 e. The van der Waals surface area contributed by atoms with Crippen molar-refractivity contribution in [3.63, 3.8) is 0 Å². The molecule has 0 radical (unpaired) electrons. The van der Waals surface area contributed by atoms with Crippen LogP contribution in [0.1, 0.15) is 26.3 Å². The van der Waals surface area contributed by atoms with Crippen LogP contribution in [0, 0.1) is 0 Å². The number of hydrogen-bond acceptors (Lipinski definition) is 5. The third kappa shape index (κ3) is 4.66. The third-order valence-corrected chi connectivity index (χ3v) is 3.21. The van der Waals surface area contributed by atoms with Crippen molar-refractivity contribution in [1.82, 2.24) is 0 Å². The lowest BCUT2D eigenvalue weighted by atomic mass is 10.1. The van der Waals surface area contributed by atoms with Crippen LogP contribution in [0.3, 0.4) is 0 Å². The maximum atomic E-state index is 12.6. The van der Waals surface area contributed by atoms with Gasteiger partial charge in [-0.2, -0.15) is 8.78 Å². The second-order valence-corrected chi connectivity index (χ2v) is 4.86. The largest absolute Gasteiger partial charge is 0.493 e. The lowest BCUT2D eigenvalue weighted by molar-refractivity contribution is -0.0518. The number of carbonyl (C=O) groups excluding carboxylic acids is 2. The number of carbonyl (C=O) groups is 2. The second kappa shape index (κ2) is 8.09. The highest BCUT2D eigenvalue weighted by Gasteiger charge is 2.21. The summed E-state index contributed by atoms with van der Waals surface area (Å²) in [5, 5.41) is 0. The molecular weight excluding hydrogens is 336 g/mol. The number of nitrogens with two attached hydrogens (primary N) is 1. The Morgan fingerprint density at radius 3 is 2.52 bits per heavy atom. The summed E-state index contributed by atoms with van der Waals surface area (Å²) in [6.45, 7) is -3.30. The van der Waals surface area contributed by atoms with Gasteiger partial charge >= 0.3 is 12.6 Å². The monoisotopic (exact) mass is 351 g/mol. The zero-order valence-electron chi connectivity index (χ0n) is 13.2. The van der Waals surface area contributed by atoms with E-state index in [9.17, 15) is 18.4 Å². The van der Waals surface area contributed by atoms with E-state index in [0.29, 0.717) is 5.56 Å². The van der Waals surface area contributed by atoms with Gasteiger partial charge in [-0.25, -0.2) is 4.79 Å². The Kier molecular flexibility index (Phi) is 5.89. The van der Waals surface area contributed by atoms with Gasteiger partial charge in [0.25, 0.3) is 0 Å². The van der Waals surface area contributed by atoms with Crippen LogP contribution in [-0.4, -0.2) is 25.6 Å². The third-order valence-electron chi connectivity index (χ3n) is 3.21. The average Bonchev–Trinajstić information content (AvgIpc) is 2.59. The van der Waals surface area contributed by atoms with Gasteiger partial charge in [-0.3, -0.25) is 4.79 Å². The first-order chi connectivity index (χ1) is 11.9. The van der Waals surface area contributed by atoms with Gasteiger partial charge in [-0.1, -0.05) is 18.2 Å². The van der Waals surface area contributed by atoms with Crippen molar-refractivity contribution in [3.8, 4) is 11.5 Å². The molecule has 132 valence electrons. The van der Waals surface area contributed by atoms with Gasteiger partial charge in [0.15, 0.2) is 11.5 Å². The van der Waals surface area contributed by atoms with Gasteiger partial charge in [0.2, 0.25) is 5.91 Å². The normalized spacial score (nSPS) is 10.4. The minimum atomic E-state index is -3.13. The summed E-state index contributed by atoms with van der Waals surface area (Å²) in [5.41, 5.74) is 5.75. The number of para-hydroxylation sites is 1. The summed E-state index contributed by atoms with van der Waals surface area (Å²) in [7, 11) is 1.26. The molecule has 0 fully saturated rings. The molecule has 0 saturated carbocycles. The predicted octanol–water partition coefficient (Wildman–Crippen LogP) is 2.75. The SMILES string of the molecule is COc1cccc(C(=O)OCc2cccc(C(N)=O)c2)c1OC(F)F. The van der Waals surface area contributed by atoms with Crippen LogP contribution in [0.5, 0.6) is 11.5 Å². The standard InChI is InChI=1S/C17H15F2NO5/c1-23-13-7-3-6-12(14(13)25-17(18)19)16(22)24-9-10-4-2-5-11(8-10)15(20)21/h2-8,17H,9H2,1H3,(H2,20,21). The van der Waals surface area contributed by atoms with E-state index < -0.39 is 24.2 Å². The van der Waals surface area contributed by atoms with Gasteiger partial charge in [0, 0.05) is 5.56 Å². The smallest absolute Gasteiger partial charge is 0.387 e. The summed E-state index contributed by atoms with van der Waals surface area (Å²) < 4.78 is 39.5. The van der Waals surface area contributed by atoms with Gasteiger partial charge in [-0.05, 0) is 29.8 Å². The van der Waals surface area contributed by atoms with E-state index in [4.69, 9.17) is 15.2 Å². The molecule has 6 nitrogen and oxygen atoms in total. The lowest BCUT2D eigenvalue weighted by Crippen LogP contribution is -2.13. The van der Waals surface area contributed by atoms with Gasteiger partial charge in [0.05, 0.1) is 7.11 Å². The molecule has 0 heterocycles. The highest BCUT2D eigenvalue weighted by atomic mass is 19.3. The van der Waals surface area contributed by atoms with E-state index >= 15 is 0 Å². The zero-order valence-corrected chi connectivity index (χ0v) is 13.2. The van der Waals surface area contributed by atoms with Gasteiger partial charge < -0.3 is 19.9 Å². The van der Waals surface area contributed by atoms with Crippen molar-refractivity contribution in [2.75, 3.05) is 7.11 Å². The number of ether oxygens (including phenoxy) is 3. The molecule has 8 heteroatoms. The molecule has 1 amide bonds. The van der Waals surface area contributed by atoms with Crippen LogP contribution in [0.25, 0.3) is 0 Å². The predicted molar refractivity (Wildman–Crippen MR) is 83.7 cm³/mol. The summed E-state index contributed by atoms with van der Waals surface area (Å²) in [6, 6.07) is 10.3. The Hall–Kier alpha value is -3.16. The number of benzene rings is 2. The van der Waals surface area contributed by atoms with Gasteiger partial charge in [0.1, 0.15) is 12.2 Å². The van der Waals surface area contributed by atoms with Gasteiger partial charge in [-0.15, -0.1) is 0 Å². The van der Waals surface area contributed by atoms with Crippen LogP contribution in [0.4, 0.5) is 8.78 Å². The summed E-state index contributed by atoms with van der Waals surface area (Å²) in [5.74, 6) is -1.92. The molecule has 2 aromatic carbocycles. The fourth-order valence-corrected chi connectivity index (χ4v) is 2.09. The number of hydrogen-bond donors (Lipinski definition) is 1.